The molecule has 0 unspecified atom stereocenters. The van der Waals surface area contributed by atoms with Gasteiger partial charge in [-0.3, -0.25) is 0 Å². The summed E-state index contributed by atoms with van der Waals surface area (Å²) in [6, 6.07) is 14.2. The fourth-order valence-corrected chi connectivity index (χ4v) is 2.76. The van der Waals surface area contributed by atoms with Gasteiger partial charge in [0, 0.05) is 10.7 Å². The summed E-state index contributed by atoms with van der Waals surface area (Å²) in [6.45, 7) is 6.20. The molecule has 110 valence electrons. The lowest BCUT2D eigenvalue weighted by atomic mass is 10.1. The minimum Gasteiger partial charge on any atom is -0.356 e. The van der Waals surface area contributed by atoms with E-state index in [2.05, 4.69) is 49.6 Å². The van der Waals surface area contributed by atoms with E-state index in [-0.39, 0.29) is 6.04 Å². The van der Waals surface area contributed by atoms with Crippen LogP contribution in [-0.2, 0) is 0 Å². The van der Waals surface area contributed by atoms with Crippen molar-refractivity contribution in [2.45, 2.75) is 26.8 Å². The van der Waals surface area contributed by atoms with Crippen LogP contribution in [0, 0.1) is 13.8 Å². The second kappa shape index (κ2) is 6.92. The number of anilines is 1. The third-order valence-corrected chi connectivity index (χ3v) is 3.63. The molecule has 2 rings (SSSR count). The first-order valence-electron chi connectivity index (χ1n) is 6.85. The standard InChI is InChI=1S/C17H19ClN2S/c1-11-7-12(2)9-16(8-11)20-17(21)19-13(3)14-5-4-6-15(18)10-14/h4-10,13H,1-3H3,(H2,19,20,21)/t13-/m0/s1. The van der Waals surface area contributed by atoms with Crippen LogP contribution < -0.4 is 10.6 Å². The predicted octanol–water partition coefficient (Wildman–Crippen LogP) is 5.00. The van der Waals surface area contributed by atoms with Crippen LogP contribution in [0.2, 0.25) is 5.02 Å². The summed E-state index contributed by atoms with van der Waals surface area (Å²) >= 11 is 11.4. The van der Waals surface area contributed by atoms with Crippen LogP contribution >= 0.6 is 23.8 Å². The zero-order valence-electron chi connectivity index (χ0n) is 12.4. The van der Waals surface area contributed by atoms with Gasteiger partial charge < -0.3 is 10.6 Å². The molecule has 2 N–H and O–H groups in total. The summed E-state index contributed by atoms with van der Waals surface area (Å²) in [5, 5.41) is 7.83. The van der Waals surface area contributed by atoms with E-state index in [9.17, 15) is 0 Å². The lowest BCUT2D eigenvalue weighted by Gasteiger charge is -2.18. The summed E-state index contributed by atoms with van der Waals surface area (Å²) in [5.74, 6) is 0. The zero-order valence-corrected chi connectivity index (χ0v) is 14.0. The molecule has 2 aromatic rings. The van der Waals surface area contributed by atoms with Crippen molar-refractivity contribution in [1.82, 2.24) is 5.32 Å². The van der Waals surface area contributed by atoms with Crippen LogP contribution in [0.25, 0.3) is 0 Å². The highest BCUT2D eigenvalue weighted by Gasteiger charge is 2.08. The Bertz CT molecular complexity index is 635. The Hall–Kier alpha value is -1.58. The van der Waals surface area contributed by atoms with E-state index in [4.69, 9.17) is 23.8 Å². The fraction of sp³-hybridized carbons (Fsp3) is 0.235. The highest BCUT2D eigenvalue weighted by atomic mass is 35.5. The monoisotopic (exact) mass is 318 g/mol. The number of halogens is 1. The molecule has 0 aliphatic carbocycles. The summed E-state index contributed by atoms with van der Waals surface area (Å²) in [5.41, 5.74) is 4.53. The highest BCUT2D eigenvalue weighted by Crippen LogP contribution is 2.18. The van der Waals surface area contributed by atoms with E-state index in [0.717, 1.165) is 16.3 Å². The van der Waals surface area contributed by atoms with Gasteiger partial charge in [-0.25, -0.2) is 0 Å². The Balaban J connectivity index is 2.01. The number of hydrogen-bond acceptors (Lipinski definition) is 1. The van der Waals surface area contributed by atoms with Crippen molar-refractivity contribution < 1.29 is 0 Å². The maximum Gasteiger partial charge on any atom is 0.171 e. The first-order chi connectivity index (χ1) is 9.94. The van der Waals surface area contributed by atoms with Gasteiger partial charge in [0.1, 0.15) is 0 Å². The molecule has 2 aromatic carbocycles. The Kier molecular flexibility index (Phi) is 5.21. The lowest BCUT2D eigenvalue weighted by molar-refractivity contribution is 0.723. The van der Waals surface area contributed by atoms with Crippen molar-refractivity contribution in [3.8, 4) is 0 Å². The second-order valence-corrected chi connectivity index (χ2v) is 6.10. The molecule has 0 heterocycles. The number of benzene rings is 2. The molecule has 4 heteroatoms. The van der Waals surface area contributed by atoms with Crippen molar-refractivity contribution in [3.05, 3.63) is 64.2 Å². The van der Waals surface area contributed by atoms with Crippen molar-refractivity contribution in [3.63, 3.8) is 0 Å². The van der Waals surface area contributed by atoms with E-state index in [1.165, 1.54) is 11.1 Å². The van der Waals surface area contributed by atoms with Gasteiger partial charge in [0.2, 0.25) is 0 Å². The topological polar surface area (TPSA) is 24.1 Å². The van der Waals surface area contributed by atoms with Gasteiger partial charge in [-0.2, -0.15) is 0 Å². The van der Waals surface area contributed by atoms with Crippen LogP contribution in [0.3, 0.4) is 0 Å². The number of nitrogens with one attached hydrogen (secondary N) is 2. The maximum absolute atomic E-state index is 6.01. The first kappa shape index (κ1) is 15.8. The van der Waals surface area contributed by atoms with Crippen LogP contribution in [0.5, 0.6) is 0 Å². The molecule has 0 aliphatic rings. The van der Waals surface area contributed by atoms with Crippen LogP contribution in [0.1, 0.15) is 29.7 Å². The molecule has 0 aliphatic heterocycles. The van der Waals surface area contributed by atoms with E-state index in [1.54, 1.807) is 0 Å². The highest BCUT2D eigenvalue weighted by molar-refractivity contribution is 7.80. The van der Waals surface area contributed by atoms with Gasteiger partial charge in [-0.15, -0.1) is 0 Å². The maximum atomic E-state index is 6.01. The number of hydrogen-bond donors (Lipinski definition) is 2. The van der Waals surface area contributed by atoms with E-state index in [0.29, 0.717) is 5.11 Å². The second-order valence-electron chi connectivity index (χ2n) is 5.25. The van der Waals surface area contributed by atoms with E-state index in [1.807, 2.05) is 24.3 Å². The minimum atomic E-state index is 0.0922. The van der Waals surface area contributed by atoms with Crippen molar-refractivity contribution in [1.29, 1.82) is 0 Å². The zero-order chi connectivity index (χ0) is 15.4. The van der Waals surface area contributed by atoms with Gasteiger partial charge in [-0.05, 0) is 73.9 Å². The third kappa shape index (κ3) is 4.73. The predicted molar refractivity (Wildman–Crippen MR) is 95.1 cm³/mol. The molecule has 0 bridgehead atoms. The number of thiocarbonyl (C=S) groups is 1. The Morgan fingerprint density at radius 3 is 2.38 bits per heavy atom. The van der Waals surface area contributed by atoms with E-state index >= 15 is 0 Å². The Morgan fingerprint density at radius 1 is 1.10 bits per heavy atom. The number of rotatable bonds is 3. The van der Waals surface area contributed by atoms with Crippen LogP contribution in [0.4, 0.5) is 5.69 Å². The van der Waals surface area contributed by atoms with Gasteiger partial charge in [0.25, 0.3) is 0 Å². The average molecular weight is 319 g/mol. The van der Waals surface area contributed by atoms with Crippen LogP contribution in [-0.4, -0.2) is 5.11 Å². The van der Waals surface area contributed by atoms with Gasteiger partial charge in [0.15, 0.2) is 5.11 Å². The van der Waals surface area contributed by atoms with Crippen molar-refractivity contribution in [2.75, 3.05) is 5.32 Å². The molecule has 0 fully saturated rings. The first-order valence-corrected chi connectivity index (χ1v) is 7.64. The smallest absolute Gasteiger partial charge is 0.171 e. The molecule has 2 nitrogen and oxygen atoms in total. The molecule has 0 spiro atoms. The molecule has 0 aromatic heterocycles. The lowest BCUT2D eigenvalue weighted by Crippen LogP contribution is -2.30. The van der Waals surface area contributed by atoms with E-state index < -0.39 is 0 Å². The molecule has 0 saturated carbocycles. The quantitative estimate of drug-likeness (QED) is 0.778. The molecule has 0 saturated heterocycles. The van der Waals surface area contributed by atoms with Crippen LogP contribution in [0.15, 0.2) is 42.5 Å². The Labute approximate surface area is 136 Å². The molecule has 0 radical (unpaired) electrons. The molecule has 0 amide bonds. The SMILES string of the molecule is Cc1cc(C)cc(NC(=S)N[C@@H](C)c2cccc(Cl)c2)c1. The Morgan fingerprint density at radius 2 is 1.76 bits per heavy atom. The summed E-state index contributed by atoms with van der Waals surface area (Å²) in [4.78, 5) is 0. The summed E-state index contributed by atoms with van der Waals surface area (Å²) < 4.78 is 0. The fourth-order valence-electron chi connectivity index (χ4n) is 2.27. The molecule has 1 atom stereocenters. The molecule has 21 heavy (non-hydrogen) atoms. The normalized spacial score (nSPS) is 11.8. The molecular weight excluding hydrogens is 300 g/mol. The summed E-state index contributed by atoms with van der Waals surface area (Å²) in [7, 11) is 0. The van der Waals surface area contributed by atoms with Gasteiger partial charge in [0.05, 0.1) is 6.04 Å². The largest absolute Gasteiger partial charge is 0.356 e. The van der Waals surface area contributed by atoms with Gasteiger partial charge in [-0.1, -0.05) is 29.8 Å². The van der Waals surface area contributed by atoms with Gasteiger partial charge >= 0.3 is 0 Å². The average Bonchev–Trinajstić information content (AvgIpc) is 2.37. The van der Waals surface area contributed by atoms with Crippen molar-refractivity contribution >= 4 is 34.6 Å². The minimum absolute atomic E-state index is 0.0922. The molecular formula is C17H19ClN2S. The van der Waals surface area contributed by atoms with Crippen molar-refractivity contribution in [2.24, 2.45) is 0 Å². The third-order valence-electron chi connectivity index (χ3n) is 3.18. The number of aryl methyl sites for hydroxylation is 2. The summed E-state index contributed by atoms with van der Waals surface area (Å²) in [6.07, 6.45) is 0.